The van der Waals surface area contributed by atoms with Crippen molar-refractivity contribution in [3.05, 3.63) is 46.1 Å². The molecule has 160 valence electrons. The van der Waals surface area contributed by atoms with Crippen molar-refractivity contribution in [1.82, 2.24) is 9.78 Å². The molecule has 3 rings (SSSR count). The standard InChI is InChI=1S/C19H19ClF2N4O4/c20-12-7-14(22)13(21)6-11(12)17(27)24-16-8-15(25-26(16)19(23)29)18(28)30-9-10-4-2-1-3-5-10/h6-8,10H,1-5,9H2,(H2,23,29)(H,24,27). The monoisotopic (exact) mass is 440 g/mol. The van der Waals surface area contributed by atoms with Gasteiger partial charge in [-0.25, -0.2) is 18.4 Å². The normalized spacial score (nSPS) is 14.4. The van der Waals surface area contributed by atoms with Crippen molar-refractivity contribution < 1.29 is 27.9 Å². The number of ether oxygens (including phenoxy) is 1. The van der Waals surface area contributed by atoms with E-state index in [0.717, 1.165) is 31.7 Å². The van der Waals surface area contributed by atoms with Gasteiger partial charge in [0, 0.05) is 6.07 Å². The first-order valence-electron chi connectivity index (χ1n) is 9.29. The summed E-state index contributed by atoms with van der Waals surface area (Å²) in [6, 6.07) is 1.27. The molecule has 3 N–H and O–H groups in total. The lowest BCUT2D eigenvalue weighted by Crippen LogP contribution is -2.25. The summed E-state index contributed by atoms with van der Waals surface area (Å²) in [5.74, 6) is -4.21. The Morgan fingerprint density at radius 1 is 1.17 bits per heavy atom. The zero-order chi connectivity index (χ0) is 21.8. The SMILES string of the molecule is NC(=O)n1nc(C(=O)OCC2CCCCC2)cc1NC(=O)c1cc(F)c(F)cc1Cl. The van der Waals surface area contributed by atoms with Gasteiger partial charge in [-0.2, -0.15) is 9.78 Å². The number of nitrogens with one attached hydrogen (secondary N) is 1. The molecule has 1 saturated carbocycles. The zero-order valence-corrected chi connectivity index (χ0v) is 16.5. The molecule has 1 heterocycles. The maximum atomic E-state index is 13.4. The van der Waals surface area contributed by atoms with Gasteiger partial charge >= 0.3 is 12.0 Å². The number of benzene rings is 1. The molecule has 1 aliphatic carbocycles. The number of nitrogens with zero attached hydrogens (tertiary/aromatic N) is 2. The summed E-state index contributed by atoms with van der Waals surface area (Å²) in [7, 11) is 0. The lowest BCUT2D eigenvalue weighted by atomic mass is 9.90. The maximum Gasteiger partial charge on any atom is 0.358 e. The minimum absolute atomic E-state index is 0.231. The molecule has 1 aromatic carbocycles. The van der Waals surface area contributed by atoms with Gasteiger partial charge in [0.2, 0.25) is 0 Å². The Morgan fingerprint density at radius 3 is 2.50 bits per heavy atom. The van der Waals surface area contributed by atoms with Crippen LogP contribution in [0.3, 0.4) is 0 Å². The first-order chi connectivity index (χ1) is 14.3. The van der Waals surface area contributed by atoms with Gasteiger partial charge in [0.25, 0.3) is 5.91 Å². The molecule has 0 unspecified atom stereocenters. The molecular weight excluding hydrogens is 422 g/mol. The van der Waals surface area contributed by atoms with Crippen molar-refractivity contribution in [1.29, 1.82) is 0 Å². The Kier molecular flexibility index (Phi) is 6.66. The second-order valence-electron chi connectivity index (χ2n) is 6.97. The average Bonchev–Trinajstić information content (AvgIpc) is 3.13. The van der Waals surface area contributed by atoms with Crippen LogP contribution in [-0.2, 0) is 4.74 Å². The van der Waals surface area contributed by atoms with Gasteiger partial charge in [0.1, 0.15) is 5.82 Å². The van der Waals surface area contributed by atoms with Crippen molar-refractivity contribution in [2.75, 3.05) is 11.9 Å². The molecule has 0 saturated heterocycles. The number of hydrogen-bond acceptors (Lipinski definition) is 5. The molecule has 11 heteroatoms. The summed E-state index contributed by atoms with van der Waals surface area (Å²) in [5, 5.41) is 5.67. The predicted octanol–water partition coefficient (Wildman–Crippen LogP) is 3.73. The number of rotatable bonds is 5. The van der Waals surface area contributed by atoms with Crippen LogP contribution < -0.4 is 11.1 Å². The topological polar surface area (TPSA) is 116 Å². The summed E-state index contributed by atoms with van der Waals surface area (Å²) in [6.07, 6.45) is 5.28. The highest BCUT2D eigenvalue weighted by atomic mass is 35.5. The van der Waals surface area contributed by atoms with E-state index >= 15 is 0 Å². The second-order valence-corrected chi connectivity index (χ2v) is 7.37. The summed E-state index contributed by atoms with van der Waals surface area (Å²) in [5.41, 5.74) is 4.61. The number of nitrogens with two attached hydrogens (primary N) is 1. The summed E-state index contributed by atoms with van der Waals surface area (Å²) < 4.78 is 32.5. The second kappa shape index (κ2) is 9.21. The maximum absolute atomic E-state index is 13.4. The van der Waals surface area contributed by atoms with Gasteiger partial charge in [0.05, 0.1) is 17.2 Å². The van der Waals surface area contributed by atoms with Crippen molar-refractivity contribution in [2.45, 2.75) is 32.1 Å². The van der Waals surface area contributed by atoms with E-state index in [1.165, 1.54) is 6.42 Å². The van der Waals surface area contributed by atoms with Crippen LogP contribution in [0, 0.1) is 17.6 Å². The van der Waals surface area contributed by atoms with Crippen molar-refractivity contribution >= 4 is 35.3 Å². The van der Waals surface area contributed by atoms with Gasteiger partial charge < -0.3 is 15.8 Å². The first kappa shape index (κ1) is 21.7. The molecule has 8 nitrogen and oxygen atoms in total. The van der Waals surface area contributed by atoms with Crippen LogP contribution in [-0.4, -0.2) is 34.3 Å². The third-order valence-corrected chi connectivity index (χ3v) is 5.11. The highest BCUT2D eigenvalue weighted by Gasteiger charge is 2.23. The van der Waals surface area contributed by atoms with E-state index in [9.17, 15) is 23.2 Å². The minimum Gasteiger partial charge on any atom is -0.461 e. The molecular formula is C19H19ClF2N4O4. The number of amides is 2. The number of anilines is 1. The molecule has 30 heavy (non-hydrogen) atoms. The van der Waals surface area contributed by atoms with Crippen LogP contribution in [0.15, 0.2) is 18.2 Å². The summed E-state index contributed by atoms with van der Waals surface area (Å²) in [4.78, 5) is 36.3. The number of carbonyl (C=O) groups is 3. The van der Waals surface area contributed by atoms with E-state index in [4.69, 9.17) is 22.1 Å². The van der Waals surface area contributed by atoms with E-state index in [2.05, 4.69) is 10.4 Å². The Hall–Kier alpha value is -3.01. The van der Waals surface area contributed by atoms with Crippen molar-refractivity contribution in [2.24, 2.45) is 11.7 Å². The molecule has 1 aliphatic rings. The first-order valence-corrected chi connectivity index (χ1v) is 9.67. The van der Waals surface area contributed by atoms with Gasteiger partial charge in [-0.1, -0.05) is 30.9 Å². The molecule has 0 radical (unpaired) electrons. The predicted molar refractivity (Wildman–Crippen MR) is 103 cm³/mol. The van der Waals surface area contributed by atoms with Crippen LogP contribution in [0.1, 0.15) is 53.0 Å². The third-order valence-electron chi connectivity index (χ3n) is 4.80. The molecule has 2 aromatic rings. The van der Waals surface area contributed by atoms with E-state index in [-0.39, 0.29) is 34.6 Å². The molecule has 0 aliphatic heterocycles. The molecule has 2 amide bonds. The average molecular weight is 441 g/mol. The lowest BCUT2D eigenvalue weighted by molar-refractivity contribution is 0.0403. The number of halogens is 3. The van der Waals surface area contributed by atoms with Crippen LogP contribution in [0.2, 0.25) is 5.02 Å². The number of carbonyl (C=O) groups excluding carboxylic acids is 3. The molecule has 0 atom stereocenters. The number of primary amides is 1. The quantitative estimate of drug-likeness (QED) is 0.542. The Bertz CT molecular complexity index is 989. The van der Waals surface area contributed by atoms with E-state index in [0.29, 0.717) is 16.8 Å². The van der Waals surface area contributed by atoms with Gasteiger partial charge in [-0.15, -0.1) is 0 Å². The fourth-order valence-corrected chi connectivity index (χ4v) is 3.48. The van der Waals surface area contributed by atoms with Crippen LogP contribution >= 0.6 is 11.6 Å². The fraction of sp³-hybridized carbons (Fsp3) is 0.368. The molecule has 0 spiro atoms. The summed E-state index contributed by atoms with van der Waals surface area (Å²) >= 11 is 5.78. The van der Waals surface area contributed by atoms with Gasteiger partial charge in [0.15, 0.2) is 17.3 Å². The van der Waals surface area contributed by atoms with Crippen molar-refractivity contribution in [3.8, 4) is 0 Å². The van der Waals surface area contributed by atoms with Gasteiger partial charge in [-0.3, -0.25) is 4.79 Å². The van der Waals surface area contributed by atoms with E-state index in [1.54, 1.807) is 0 Å². The van der Waals surface area contributed by atoms with Crippen LogP contribution in [0.25, 0.3) is 0 Å². The van der Waals surface area contributed by atoms with Crippen LogP contribution in [0.5, 0.6) is 0 Å². The molecule has 1 aromatic heterocycles. The smallest absolute Gasteiger partial charge is 0.358 e. The zero-order valence-electron chi connectivity index (χ0n) is 15.8. The van der Waals surface area contributed by atoms with Gasteiger partial charge in [-0.05, 0) is 30.9 Å². The molecule has 0 bridgehead atoms. The Labute approximate surface area is 175 Å². The minimum atomic E-state index is -1.28. The fourth-order valence-electron chi connectivity index (χ4n) is 3.24. The number of hydrogen-bond donors (Lipinski definition) is 2. The Morgan fingerprint density at radius 2 is 1.83 bits per heavy atom. The third kappa shape index (κ3) is 4.93. The van der Waals surface area contributed by atoms with Crippen LogP contribution in [0.4, 0.5) is 19.4 Å². The van der Waals surface area contributed by atoms with E-state index < -0.39 is 29.5 Å². The van der Waals surface area contributed by atoms with Crippen molar-refractivity contribution in [3.63, 3.8) is 0 Å². The number of esters is 1. The number of aromatic nitrogens is 2. The summed E-state index contributed by atoms with van der Waals surface area (Å²) in [6.45, 7) is 0.231. The highest BCUT2D eigenvalue weighted by molar-refractivity contribution is 6.34. The Balaban J connectivity index is 1.75. The molecule has 1 fully saturated rings. The largest absolute Gasteiger partial charge is 0.461 e. The van der Waals surface area contributed by atoms with E-state index in [1.807, 2.05) is 0 Å². The highest BCUT2D eigenvalue weighted by Crippen LogP contribution is 2.25. The lowest BCUT2D eigenvalue weighted by Gasteiger charge is -2.20.